The fraction of sp³-hybridized carbons (Fsp3) is 0.308. The number of aliphatic carboxylic acids is 1. The second-order valence-corrected chi connectivity index (χ2v) is 8.53. The van der Waals surface area contributed by atoms with Crippen LogP contribution in [0.15, 0.2) is 67.0 Å². The molecule has 8 heteroatoms. The molecule has 1 aliphatic rings. The van der Waals surface area contributed by atoms with Crippen molar-refractivity contribution in [2.75, 3.05) is 5.32 Å². The summed E-state index contributed by atoms with van der Waals surface area (Å²) in [6, 6.07) is 16.6. The average molecular weight is 461 g/mol. The number of hydrogen-bond acceptors (Lipinski definition) is 6. The highest BCUT2D eigenvalue weighted by molar-refractivity contribution is 5.84. The van der Waals surface area contributed by atoms with Crippen molar-refractivity contribution in [3.8, 4) is 11.4 Å². The molecule has 1 saturated carbocycles. The molecule has 0 aliphatic heterocycles. The zero-order valence-electron chi connectivity index (χ0n) is 19.0. The van der Waals surface area contributed by atoms with Crippen LogP contribution in [0, 0.1) is 5.92 Å². The van der Waals surface area contributed by atoms with Gasteiger partial charge >= 0.3 is 12.1 Å². The van der Waals surface area contributed by atoms with E-state index in [9.17, 15) is 14.7 Å². The number of carbonyl (C=O) groups is 2. The maximum atomic E-state index is 12.2. The molecule has 1 aromatic heterocycles. The van der Waals surface area contributed by atoms with E-state index in [0.717, 1.165) is 29.5 Å². The monoisotopic (exact) mass is 460 g/mol. The van der Waals surface area contributed by atoms with Crippen molar-refractivity contribution in [3.63, 3.8) is 0 Å². The van der Waals surface area contributed by atoms with Crippen LogP contribution in [0.2, 0.25) is 0 Å². The maximum absolute atomic E-state index is 12.2. The molecule has 1 fully saturated rings. The van der Waals surface area contributed by atoms with Gasteiger partial charge in [0.1, 0.15) is 12.1 Å². The highest BCUT2D eigenvalue weighted by Crippen LogP contribution is 2.33. The van der Waals surface area contributed by atoms with Gasteiger partial charge in [0, 0.05) is 12.1 Å². The Hall–Kier alpha value is -3.78. The number of rotatable bonds is 10. The molecule has 3 N–H and O–H groups in total. The lowest BCUT2D eigenvalue weighted by Crippen LogP contribution is -2.36. The van der Waals surface area contributed by atoms with Crippen molar-refractivity contribution in [2.45, 2.75) is 44.9 Å². The Morgan fingerprint density at radius 3 is 2.35 bits per heavy atom. The first-order valence-corrected chi connectivity index (χ1v) is 11.4. The van der Waals surface area contributed by atoms with Crippen LogP contribution in [-0.2, 0) is 16.1 Å². The molecule has 0 spiro atoms. The van der Waals surface area contributed by atoms with Crippen LogP contribution >= 0.6 is 0 Å². The molecule has 2 unspecified atom stereocenters. The Morgan fingerprint density at radius 1 is 1.06 bits per heavy atom. The van der Waals surface area contributed by atoms with Gasteiger partial charge in [0.25, 0.3) is 0 Å². The van der Waals surface area contributed by atoms with Crippen LogP contribution in [0.3, 0.4) is 0 Å². The topological polar surface area (TPSA) is 113 Å². The lowest BCUT2D eigenvalue weighted by Gasteiger charge is -2.14. The molecular formula is C26H28N4O4. The number of carboxylic acid groups (broad SMARTS) is 1. The standard InChI is InChI=1S/C26H28N4O4/c1-17(20-5-3-2-4-6-20)34-26(33)30-22-15-28-24(29-16-22)21-11-9-19(10-12-21)14-27-23(25(31)32)13-18-7-8-18/h2-6,9-12,15-18,23,27H,7-8,13-14H2,1H3,(H,30,33)(H,31,32). The van der Waals surface area contributed by atoms with Crippen LogP contribution in [0.1, 0.15) is 43.4 Å². The number of ether oxygens (including phenoxy) is 1. The maximum Gasteiger partial charge on any atom is 0.412 e. The van der Waals surface area contributed by atoms with Crippen LogP contribution in [0.5, 0.6) is 0 Å². The third-order valence-corrected chi connectivity index (χ3v) is 5.78. The van der Waals surface area contributed by atoms with Crippen molar-refractivity contribution < 1.29 is 19.4 Å². The van der Waals surface area contributed by atoms with Crippen LogP contribution in [0.25, 0.3) is 11.4 Å². The second-order valence-electron chi connectivity index (χ2n) is 8.53. The third-order valence-electron chi connectivity index (χ3n) is 5.78. The van der Waals surface area contributed by atoms with Crippen LogP contribution in [0.4, 0.5) is 10.5 Å². The predicted molar refractivity (Wildman–Crippen MR) is 128 cm³/mol. The minimum atomic E-state index is -0.802. The normalized spacial score (nSPS) is 14.7. The van der Waals surface area contributed by atoms with E-state index in [1.807, 2.05) is 61.5 Å². The van der Waals surface area contributed by atoms with Gasteiger partial charge in [-0.2, -0.15) is 0 Å². The Balaban J connectivity index is 1.29. The molecular weight excluding hydrogens is 432 g/mol. The molecule has 1 heterocycles. The minimum absolute atomic E-state index is 0.381. The van der Waals surface area contributed by atoms with Gasteiger partial charge < -0.3 is 15.2 Å². The molecule has 1 aliphatic carbocycles. The smallest absolute Gasteiger partial charge is 0.412 e. The summed E-state index contributed by atoms with van der Waals surface area (Å²) in [7, 11) is 0. The van der Waals surface area contributed by atoms with E-state index in [1.165, 1.54) is 12.4 Å². The van der Waals surface area contributed by atoms with E-state index < -0.39 is 18.1 Å². The molecule has 176 valence electrons. The lowest BCUT2D eigenvalue weighted by molar-refractivity contribution is -0.139. The van der Waals surface area contributed by atoms with E-state index in [1.54, 1.807) is 0 Å². The predicted octanol–water partition coefficient (Wildman–Crippen LogP) is 4.80. The molecule has 2 aromatic carbocycles. The summed E-state index contributed by atoms with van der Waals surface area (Å²) in [6.45, 7) is 2.29. The number of anilines is 1. The van der Waals surface area contributed by atoms with E-state index in [0.29, 0.717) is 30.4 Å². The zero-order valence-corrected chi connectivity index (χ0v) is 19.0. The first kappa shape index (κ1) is 23.4. The summed E-state index contributed by atoms with van der Waals surface area (Å²) in [5, 5.41) is 15.2. The Bertz CT molecular complexity index is 1100. The first-order chi connectivity index (χ1) is 16.5. The molecule has 3 aromatic rings. The third kappa shape index (κ3) is 6.62. The van der Waals surface area contributed by atoms with Gasteiger partial charge in [-0.15, -0.1) is 0 Å². The van der Waals surface area contributed by atoms with E-state index in [2.05, 4.69) is 20.6 Å². The molecule has 4 rings (SSSR count). The number of carbonyl (C=O) groups excluding carboxylic acids is 1. The van der Waals surface area contributed by atoms with Crippen molar-refractivity contribution in [1.29, 1.82) is 0 Å². The van der Waals surface area contributed by atoms with Gasteiger partial charge in [0.15, 0.2) is 5.82 Å². The molecule has 0 saturated heterocycles. The van der Waals surface area contributed by atoms with Crippen molar-refractivity contribution in [3.05, 3.63) is 78.1 Å². The van der Waals surface area contributed by atoms with Crippen LogP contribution in [-0.4, -0.2) is 33.2 Å². The van der Waals surface area contributed by atoms with E-state index >= 15 is 0 Å². The van der Waals surface area contributed by atoms with E-state index in [4.69, 9.17) is 4.74 Å². The summed E-state index contributed by atoms with van der Waals surface area (Å²) in [4.78, 5) is 32.3. The molecule has 0 radical (unpaired) electrons. The summed E-state index contributed by atoms with van der Waals surface area (Å²) < 4.78 is 5.40. The van der Waals surface area contributed by atoms with Gasteiger partial charge in [-0.25, -0.2) is 14.8 Å². The zero-order chi connectivity index (χ0) is 23.9. The first-order valence-electron chi connectivity index (χ1n) is 11.4. The van der Waals surface area contributed by atoms with Gasteiger partial charge in [-0.3, -0.25) is 10.1 Å². The largest absolute Gasteiger partial charge is 0.480 e. The van der Waals surface area contributed by atoms with Gasteiger partial charge in [0.2, 0.25) is 0 Å². The van der Waals surface area contributed by atoms with Crippen molar-refractivity contribution in [1.82, 2.24) is 15.3 Å². The van der Waals surface area contributed by atoms with E-state index in [-0.39, 0.29) is 6.10 Å². The fourth-order valence-corrected chi connectivity index (χ4v) is 3.61. The number of amides is 1. The minimum Gasteiger partial charge on any atom is -0.480 e. The molecule has 1 amide bonds. The number of hydrogen-bond donors (Lipinski definition) is 3. The number of nitrogens with one attached hydrogen (secondary N) is 2. The molecule has 34 heavy (non-hydrogen) atoms. The number of carboxylic acids is 1. The van der Waals surface area contributed by atoms with Gasteiger partial charge in [-0.1, -0.05) is 67.4 Å². The van der Waals surface area contributed by atoms with Crippen LogP contribution < -0.4 is 10.6 Å². The number of nitrogens with zero attached hydrogens (tertiary/aromatic N) is 2. The molecule has 0 bridgehead atoms. The summed E-state index contributed by atoms with van der Waals surface area (Å²) in [6.07, 6.45) is 5.04. The average Bonchev–Trinajstić information content (AvgIpc) is 3.67. The van der Waals surface area contributed by atoms with Crippen molar-refractivity contribution >= 4 is 17.7 Å². The summed E-state index contributed by atoms with van der Waals surface area (Å²) >= 11 is 0. The summed E-state index contributed by atoms with van der Waals surface area (Å²) in [5.41, 5.74) is 3.15. The fourth-order valence-electron chi connectivity index (χ4n) is 3.61. The highest BCUT2D eigenvalue weighted by atomic mass is 16.6. The summed E-state index contributed by atoms with van der Waals surface area (Å²) in [5.74, 6) is 0.261. The lowest BCUT2D eigenvalue weighted by atomic mass is 10.1. The SMILES string of the molecule is CC(OC(=O)Nc1cnc(-c2ccc(CNC(CC3CC3)C(=O)O)cc2)nc1)c1ccccc1. The molecule has 8 nitrogen and oxygen atoms in total. The van der Waals surface area contributed by atoms with Gasteiger partial charge in [0.05, 0.1) is 18.1 Å². The Morgan fingerprint density at radius 2 is 1.74 bits per heavy atom. The van der Waals surface area contributed by atoms with Crippen molar-refractivity contribution in [2.24, 2.45) is 5.92 Å². The Labute approximate surface area is 198 Å². The number of benzene rings is 2. The number of aromatic nitrogens is 2. The second kappa shape index (κ2) is 10.9. The quantitative estimate of drug-likeness (QED) is 0.398. The van der Waals surface area contributed by atoms with Gasteiger partial charge in [-0.05, 0) is 30.4 Å². The highest BCUT2D eigenvalue weighted by Gasteiger charge is 2.28. The molecule has 2 atom stereocenters. The Kier molecular flexibility index (Phi) is 7.49.